The highest BCUT2D eigenvalue weighted by Crippen LogP contribution is 2.31. The van der Waals surface area contributed by atoms with Crippen LogP contribution in [0.5, 0.6) is 0 Å². The zero-order valence-electron chi connectivity index (χ0n) is 10.6. The number of hydrogen-bond donors (Lipinski definition) is 2. The van der Waals surface area contributed by atoms with E-state index < -0.39 is 0 Å². The molecule has 4 heteroatoms. The lowest BCUT2D eigenvalue weighted by Gasteiger charge is -2.38. The molecular weight excluding hydrogens is 216 g/mol. The van der Waals surface area contributed by atoms with Gasteiger partial charge in [-0.3, -0.25) is 4.79 Å². The minimum atomic E-state index is -0.225. The molecule has 0 spiro atoms. The number of carbonyl (C=O) groups excluding carboxylic acids is 1. The summed E-state index contributed by atoms with van der Waals surface area (Å²) in [6.45, 7) is 3.52. The van der Waals surface area contributed by atoms with Gasteiger partial charge in [-0.2, -0.15) is 0 Å². The topological polar surface area (TPSA) is 66.6 Å². The number of nitrogens with two attached hydrogens (primary N) is 1. The third-order valence-corrected chi connectivity index (χ3v) is 4.33. The normalized spacial score (nSPS) is 35.9. The van der Waals surface area contributed by atoms with E-state index in [1.54, 1.807) is 0 Å². The van der Waals surface area contributed by atoms with E-state index in [1.807, 2.05) is 4.90 Å². The van der Waals surface area contributed by atoms with Gasteiger partial charge in [0.2, 0.25) is 5.91 Å². The minimum absolute atomic E-state index is 0.000933. The third kappa shape index (κ3) is 2.80. The van der Waals surface area contributed by atoms with E-state index in [-0.39, 0.29) is 24.0 Å². The lowest BCUT2D eigenvalue weighted by atomic mass is 9.76. The van der Waals surface area contributed by atoms with Gasteiger partial charge in [-0.15, -0.1) is 0 Å². The highest BCUT2D eigenvalue weighted by molar-refractivity contribution is 5.80. The number of likely N-dealkylation sites (tertiary alicyclic amines) is 1. The van der Waals surface area contributed by atoms with E-state index in [9.17, 15) is 9.90 Å². The quantitative estimate of drug-likeness (QED) is 0.710. The zero-order valence-corrected chi connectivity index (χ0v) is 10.6. The summed E-state index contributed by atoms with van der Waals surface area (Å²) in [6, 6.07) is 0.0260. The molecule has 1 heterocycles. The predicted molar refractivity (Wildman–Crippen MR) is 66.3 cm³/mol. The highest BCUT2D eigenvalue weighted by Gasteiger charge is 2.37. The van der Waals surface area contributed by atoms with Gasteiger partial charge in [-0.1, -0.05) is 13.3 Å². The third-order valence-electron chi connectivity index (χ3n) is 4.33. The summed E-state index contributed by atoms with van der Waals surface area (Å²) in [7, 11) is 0. The molecule has 3 unspecified atom stereocenters. The van der Waals surface area contributed by atoms with Crippen molar-refractivity contribution in [2.75, 3.05) is 13.1 Å². The second kappa shape index (κ2) is 5.36. The molecule has 0 radical (unpaired) electrons. The van der Waals surface area contributed by atoms with E-state index in [4.69, 9.17) is 5.73 Å². The fourth-order valence-electron chi connectivity index (χ4n) is 3.18. The Labute approximate surface area is 103 Å². The van der Waals surface area contributed by atoms with Gasteiger partial charge >= 0.3 is 0 Å². The second-order valence-corrected chi connectivity index (χ2v) is 5.65. The van der Waals surface area contributed by atoms with Crippen LogP contribution in [0.15, 0.2) is 0 Å². The first-order valence-corrected chi connectivity index (χ1v) is 6.82. The molecule has 0 aromatic rings. The maximum absolute atomic E-state index is 12.4. The van der Waals surface area contributed by atoms with Gasteiger partial charge in [0, 0.05) is 19.1 Å². The zero-order chi connectivity index (χ0) is 12.4. The molecule has 17 heavy (non-hydrogen) atoms. The van der Waals surface area contributed by atoms with Crippen LogP contribution in [0, 0.1) is 11.8 Å². The number of aliphatic hydroxyl groups is 1. The van der Waals surface area contributed by atoms with Crippen molar-refractivity contribution < 1.29 is 9.90 Å². The van der Waals surface area contributed by atoms with Crippen LogP contribution in [0.25, 0.3) is 0 Å². The van der Waals surface area contributed by atoms with E-state index >= 15 is 0 Å². The van der Waals surface area contributed by atoms with Gasteiger partial charge in [-0.25, -0.2) is 0 Å². The Bertz CT molecular complexity index is 265. The highest BCUT2D eigenvalue weighted by atomic mass is 16.3. The molecule has 1 aliphatic heterocycles. The predicted octanol–water partition coefficient (Wildman–Crippen LogP) is 0.733. The Morgan fingerprint density at radius 1 is 1.24 bits per heavy atom. The monoisotopic (exact) mass is 240 g/mol. The molecule has 1 aliphatic carbocycles. The van der Waals surface area contributed by atoms with Crippen LogP contribution in [0.2, 0.25) is 0 Å². The van der Waals surface area contributed by atoms with Crippen LogP contribution < -0.4 is 5.73 Å². The van der Waals surface area contributed by atoms with Crippen LogP contribution in [-0.2, 0) is 4.79 Å². The molecule has 0 aromatic carbocycles. The summed E-state index contributed by atoms with van der Waals surface area (Å²) in [5, 5.41) is 9.46. The SMILES string of the molecule is CC1CCCC(N)C1C(=O)N1CCC(O)CC1. The van der Waals surface area contributed by atoms with Crippen molar-refractivity contribution in [1.82, 2.24) is 4.90 Å². The number of rotatable bonds is 1. The van der Waals surface area contributed by atoms with Crippen LogP contribution in [0.1, 0.15) is 39.0 Å². The molecule has 98 valence electrons. The Hall–Kier alpha value is -0.610. The van der Waals surface area contributed by atoms with Crippen molar-refractivity contribution in [3.8, 4) is 0 Å². The molecule has 0 bridgehead atoms. The van der Waals surface area contributed by atoms with E-state index in [2.05, 4.69) is 6.92 Å². The molecular formula is C13H24N2O2. The molecule has 0 aromatic heterocycles. The summed E-state index contributed by atoms with van der Waals surface area (Å²) >= 11 is 0. The first kappa shape index (κ1) is 12.8. The first-order valence-electron chi connectivity index (χ1n) is 6.82. The molecule has 2 fully saturated rings. The van der Waals surface area contributed by atoms with Crippen LogP contribution in [0.4, 0.5) is 0 Å². The molecule has 1 saturated carbocycles. The van der Waals surface area contributed by atoms with Gasteiger partial charge in [-0.05, 0) is 31.6 Å². The van der Waals surface area contributed by atoms with Crippen LogP contribution in [-0.4, -0.2) is 41.1 Å². The minimum Gasteiger partial charge on any atom is -0.393 e. The summed E-state index contributed by atoms with van der Waals surface area (Å²) in [5.41, 5.74) is 6.11. The maximum Gasteiger partial charge on any atom is 0.227 e. The summed E-state index contributed by atoms with van der Waals surface area (Å²) < 4.78 is 0. The van der Waals surface area contributed by atoms with Crippen molar-refractivity contribution in [3.05, 3.63) is 0 Å². The lowest BCUT2D eigenvalue weighted by molar-refractivity contribution is -0.141. The molecule has 1 saturated heterocycles. The molecule has 4 nitrogen and oxygen atoms in total. The number of carbonyl (C=O) groups is 1. The number of aliphatic hydroxyl groups excluding tert-OH is 1. The van der Waals surface area contributed by atoms with Gasteiger partial charge in [0.15, 0.2) is 0 Å². The average Bonchev–Trinajstić information content (AvgIpc) is 2.29. The Morgan fingerprint density at radius 2 is 1.88 bits per heavy atom. The number of piperidine rings is 1. The van der Waals surface area contributed by atoms with Crippen molar-refractivity contribution in [1.29, 1.82) is 0 Å². The first-order chi connectivity index (χ1) is 8.09. The van der Waals surface area contributed by atoms with Gasteiger partial charge in [0.25, 0.3) is 0 Å². The smallest absolute Gasteiger partial charge is 0.227 e. The van der Waals surface area contributed by atoms with E-state index in [0.717, 1.165) is 19.3 Å². The average molecular weight is 240 g/mol. The molecule has 3 N–H and O–H groups in total. The van der Waals surface area contributed by atoms with E-state index in [1.165, 1.54) is 0 Å². The summed E-state index contributed by atoms with van der Waals surface area (Å²) in [4.78, 5) is 14.3. The Balaban J connectivity index is 1.98. The molecule has 2 aliphatic rings. The Kier molecular flexibility index (Phi) is 4.05. The van der Waals surface area contributed by atoms with Crippen molar-refractivity contribution >= 4 is 5.91 Å². The second-order valence-electron chi connectivity index (χ2n) is 5.65. The number of hydrogen-bond acceptors (Lipinski definition) is 3. The number of amides is 1. The van der Waals surface area contributed by atoms with Gasteiger partial charge in [0.05, 0.1) is 12.0 Å². The van der Waals surface area contributed by atoms with Gasteiger partial charge < -0.3 is 15.7 Å². The largest absolute Gasteiger partial charge is 0.393 e. The van der Waals surface area contributed by atoms with Crippen molar-refractivity contribution in [2.45, 2.75) is 51.2 Å². The fraction of sp³-hybridized carbons (Fsp3) is 0.923. The fourth-order valence-corrected chi connectivity index (χ4v) is 3.18. The Morgan fingerprint density at radius 3 is 2.47 bits per heavy atom. The number of nitrogens with zero attached hydrogens (tertiary/aromatic N) is 1. The van der Waals surface area contributed by atoms with Crippen molar-refractivity contribution in [3.63, 3.8) is 0 Å². The van der Waals surface area contributed by atoms with Gasteiger partial charge in [0.1, 0.15) is 0 Å². The van der Waals surface area contributed by atoms with E-state index in [0.29, 0.717) is 31.8 Å². The van der Waals surface area contributed by atoms with Crippen LogP contribution in [0.3, 0.4) is 0 Å². The molecule has 3 atom stereocenters. The molecule has 1 amide bonds. The standard InChI is InChI=1S/C13H24N2O2/c1-9-3-2-4-11(14)12(9)13(17)15-7-5-10(16)6-8-15/h9-12,16H,2-8,14H2,1H3. The molecule has 2 rings (SSSR count). The maximum atomic E-state index is 12.4. The summed E-state index contributed by atoms with van der Waals surface area (Å²) in [6.07, 6.45) is 4.42. The summed E-state index contributed by atoms with van der Waals surface area (Å²) in [5.74, 6) is 0.619. The lowest BCUT2D eigenvalue weighted by Crippen LogP contribution is -2.51. The van der Waals surface area contributed by atoms with Crippen LogP contribution >= 0.6 is 0 Å². The van der Waals surface area contributed by atoms with Crippen molar-refractivity contribution in [2.24, 2.45) is 17.6 Å².